The van der Waals surface area contributed by atoms with E-state index in [2.05, 4.69) is 29.4 Å². The molecule has 1 aromatic rings. The van der Waals surface area contributed by atoms with Crippen molar-refractivity contribution in [2.75, 3.05) is 46.3 Å². The highest BCUT2D eigenvalue weighted by Gasteiger charge is 2.28. The number of rotatable bonds is 4. The lowest BCUT2D eigenvalue weighted by atomic mass is 10.1. The van der Waals surface area contributed by atoms with Crippen molar-refractivity contribution in [2.45, 2.75) is 25.3 Å². The number of nitrogens with zero attached hydrogens (tertiary/aromatic N) is 3. The molecule has 0 bridgehead atoms. The van der Waals surface area contributed by atoms with E-state index in [9.17, 15) is 9.59 Å². The largest absolute Gasteiger partial charge is 0.339 e. The van der Waals surface area contributed by atoms with Gasteiger partial charge in [0.2, 0.25) is 5.91 Å². The summed E-state index contributed by atoms with van der Waals surface area (Å²) in [5.41, 5.74) is 1.23. The molecule has 2 fully saturated rings. The van der Waals surface area contributed by atoms with Gasteiger partial charge in [0.05, 0.1) is 0 Å². The first kappa shape index (κ1) is 17.7. The van der Waals surface area contributed by atoms with Gasteiger partial charge in [-0.2, -0.15) is 0 Å². The average Bonchev–Trinajstić information content (AvgIpc) is 2.61. The molecule has 0 unspecified atom stereocenters. The Hall–Kier alpha value is -2.08. The van der Waals surface area contributed by atoms with Crippen molar-refractivity contribution in [1.29, 1.82) is 0 Å². The number of carbonyl (C=O) groups is 2. The molecule has 6 nitrogen and oxygen atoms in total. The fourth-order valence-electron chi connectivity index (χ4n) is 3.58. The Balaban J connectivity index is 1.44. The highest BCUT2D eigenvalue weighted by Crippen LogP contribution is 2.10. The number of carbonyl (C=O) groups excluding carboxylic acids is 2. The SMILES string of the molecule is CN1CCC[C@H](NC(=O)N2CCN(CCc3ccccc3)C(=O)C2)C1. The summed E-state index contributed by atoms with van der Waals surface area (Å²) in [7, 11) is 2.08. The molecule has 0 saturated carbocycles. The summed E-state index contributed by atoms with van der Waals surface area (Å²) in [6.45, 7) is 4.09. The molecule has 1 atom stereocenters. The number of urea groups is 1. The van der Waals surface area contributed by atoms with Gasteiger partial charge in [0.1, 0.15) is 6.54 Å². The predicted octanol–water partition coefficient (Wildman–Crippen LogP) is 1.18. The smallest absolute Gasteiger partial charge is 0.318 e. The Morgan fingerprint density at radius 3 is 2.72 bits per heavy atom. The van der Waals surface area contributed by atoms with Crippen LogP contribution >= 0.6 is 0 Å². The molecule has 1 aromatic carbocycles. The second kappa shape index (κ2) is 8.34. The number of likely N-dealkylation sites (tertiary alicyclic amines) is 1. The molecule has 2 aliphatic heterocycles. The fraction of sp³-hybridized carbons (Fsp3) is 0.579. The number of likely N-dealkylation sites (N-methyl/N-ethyl adjacent to an activating group) is 1. The third kappa shape index (κ3) is 4.95. The Labute approximate surface area is 149 Å². The van der Waals surface area contributed by atoms with Crippen LogP contribution in [-0.2, 0) is 11.2 Å². The molecule has 0 aliphatic carbocycles. The monoisotopic (exact) mass is 344 g/mol. The molecule has 0 radical (unpaired) electrons. The zero-order valence-electron chi connectivity index (χ0n) is 15.0. The third-order valence-corrected chi connectivity index (χ3v) is 5.07. The minimum Gasteiger partial charge on any atom is -0.339 e. The summed E-state index contributed by atoms with van der Waals surface area (Å²) in [5.74, 6) is 0.0399. The van der Waals surface area contributed by atoms with Crippen molar-refractivity contribution < 1.29 is 9.59 Å². The van der Waals surface area contributed by atoms with Gasteiger partial charge >= 0.3 is 6.03 Å². The van der Waals surface area contributed by atoms with E-state index in [0.29, 0.717) is 19.6 Å². The van der Waals surface area contributed by atoms with Crippen molar-refractivity contribution in [1.82, 2.24) is 20.0 Å². The zero-order valence-corrected chi connectivity index (χ0v) is 15.0. The molecule has 2 aliphatic rings. The molecule has 0 spiro atoms. The van der Waals surface area contributed by atoms with Crippen LogP contribution < -0.4 is 5.32 Å². The van der Waals surface area contributed by atoms with Gasteiger partial charge in [0.25, 0.3) is 0 Å². The number of amides is 3. The Morgan fingerprint density at radius 1 is 1.20 bits per heavy atom. The summed E-state index contributed by atoms with van der Waals surface area (Å²) in [6.07, 6.45) is 2.97. The van der Waals surface area contributed by atoms with Gasteiger partial charge in [-0.3, -0.25) is 4.79 Å². The van der Waals surface area contributed by atoms with Crippen LogP contribution in [0, 0.1) is 0 Å². The summed E-state index contributed by atoms with van der Waals surface area (Å²) < 4.78 is 0. The first-order valence-electron chi connectivity index (χ1n) is 9.17. The lowest BCUT2D eigenvalue weighted by Gasteiger charge is -2.36. The van der Waals surface area contributed by atoms with Crippen molar-refractivity contribution in [3.05, 3.63) is 35.9 Å². The maximum atomic E-state index is 12.4. The molecular formula is C19H28N4O2. The topological polar surface area (TPSA) is 55.9 Å². The van der Waals surface area contributed by atoms with Crippen molar-refractivity contribution in [3.8, 4) is 0 Å². The van der Waals surface area contributed by atoms with Gasteiger partial charge < -0.3 is 20.0 Å². The number of hydrogen-bond donors (Lipinski definition) is 1. The molecule has 136 valence electrons. The zero-order chi connectivity index (χ0) is 17.6. The number of piperidine rings is 1. The van der Waals surface area contributed by atoms with Crippen LogP contribution in [0.2, 0.25) is 0 Å². The normalized spacial score (nSPS) is 22.1. The van der Waals surface area contributed by atoms with Crippen molar-refractivity contribution >= 4 is 11.9 Å². The minimum absolute atomic E-state index is 0.0399. The van der Waals surface area contributed by atoms with E-state index < -0.39 is 0 Å². The third-order valence-electron chi connectivity index (χ3n) is 5.07. The molecule has 25 heavy (non-hydrogen) atoms. The second-order valence-corrected chi connectivity index (χ2v) is 7.09. The lowest BCUT2D eigenvalue weighted by Crippen LogP contribution is -2.57. The molecule has 3 amide bonds. The maximum Gasteiger partial charge on any atom is 0.318 e. The van der Waals surface area contributed by atoms with Gasteiger partial charge in [-0.15, -0.1) is 0 Å². The van der Waals surface area contributed by atoms with Crippen LogP contribution in [0.15, 0.2) is 30.3 Å². The van der Waals surface area contributed by atoms with E-state index in [1.807, 2.05) is 23.1 Å². The molecule has 3 rings (SSSR count). The molecule has 1 N–H and O–H groups in total. The van der Waals surface area contributed by atoms with Crippen LogP contribution in [0.1, 0.15) is 18.4 Å². The number of hydrogen-bond acceptors (Lipinski definition) is 3. The number of nitrogens with one attached hydrogen (secondary N) is 1. The van der Waals surface area contributed by atoms with Gasteiger partial charge in [-0.25, -0.2) is 4.79 Å². The summed E-state index contributed by atoms with van der Waals surface area (Å²) >= 11 is 0. The van der Waals surface area contributed by atoms with Gasteiger partial charge in [-0.05, 0) is 38.4 Å². The lowest BCUT2D eigenvalue weighted by molar-refractivity contribution is -0.134. The van der Waals surface area contributed by atoms with Crippen LogP contribution in [0.5, 0.6) is 0 Å². The molecule has 2 heterocycles. The van der Waals surface area contributed by atoms with E-state index in [-0.39, 0.29) is 24.5 Å². The van der Waals surface area contributed by atoms with E-state index in [1.54, 1.807) is 4.90 Å². The van der Waals surface area contributed by atoms with Gasteiger partial charge in [-0.1, -0.05) is 30.3 Å². The molecule has 0 aromatic heterocycles. The van der Waals surface area contributed by atoms with Crippen molar-refractivity contribution in [3.63, 3.8) is 0 Å². The number of piperazine rings is 1. The second-order valence-electron chi connectivity index (χ2n) is 7.09. The quantitative estimate of drug-likeness (QED) is 0.892. The van der Waals surface area contributed by atoms with Crippen LogP contribution in [0.4, 0.5) is 4.79 Å². The highest BCUT2D eigenvalue weighted by atomic mass is 16.2. The van der Waals surface area contributed by atoms with E-state index in [4.69, 9.17) is 0 Å². The molecule has 2 saturated heterocycles. The highest BCUT2D eigenvalue weighted by molar-refractivity contribution is 5.85. The number of benzene rings is 1. The van der Waals surface area contributed by atoms with E-state index in [0.717, 1.165) is 32.4 Å². The summed E-state index contributed by atoms with van der Waals surface area (Å²) in [5, 5.41) is 3.09. The van der Waals surface area contributed by atoms with E-state index >= 15 is 0 Å². The molecular weight excluding hydrogens is 316 g/mol. The maximum absolute atomic E-state index is 12.4. The van der Waals surface area contributed by atoms with Gasteiger partial charge in [0, 0.05) is 32.2 Å². The van der Waals surface area contributed by atoms with Gasteiger partial charge in [0.15, 0.2) is 0 Å². The van der Waals surface area contributed by atoms with Crippen molar-refractivity contribution in [2.24, 2.45) is 0 Å². The van der Waals surface area contributed by atoms with Crippen LogP contribution in [0.3, 0.4) is 0 Å². The first-order chi connectivity index (χ1) is 12.1. The standard InChI is InChI=1S/C19H28N4O2/c1-21-10-5-8-17(14-21)20-19(25)23-13-12-22(18(24)15-23)11-9-16-6-3-2-4-7-16/h2-4,6-7,17H,5,8-15H2,1H3,(H,20,25)/t17-/m0/s1. The van der Waals surface area contributed by atoms with Crippen LogP contribution in [-0.4, -0.2) is 79.0 Å². The first-order valence-corrected chi connectivity index (χ1v) is 9.17. The minimum atomic E-state index is -0.101. The Kier molecular flexibility index (Phi) is 5.91. The molecule has 6 heteroatoms. The van der Waals surface area contributed by atoms with Crippen LogP contribution in [0.25, 0.3) is 0 Å². The average molecular weight is 344 g/mol. The summed E-state index contributed by atoms with van der Waals surface area (Å²) in [6, 6.07) is 10.3. The predicted molar refractivity (Wildman–Crippen MR) is 97.3 cm³/mol. The Bertz CT molecular complexity index is 592. The summed E-state index contributed by atoms with van der Waals surface area (Å²) in [4.78, 5) is 30.6. The Morgan fingerprint density at radius 2 is 2.00 bits per heavy atom. The van der Waals surface area contributed by atoms with E-state index in [1.165, 1.54) is 5.56 Å². The fourth-order valence-corrected chi connectivity index (χ4v) is 3.58.